The third kappa shape index (κ3) is 4.66. The van der Waals surface area contributed by atoms with Crippen LogP contribution in [0.2, 0.25) is 0 Å². The van der Waals surface area contributed by atoms with Crippen LogP contribution in [0, 0.1) is 0 Å². The number of ether oxygens (including phenoxy) is 2. The number of amides is 2. The van der Waals surface area contributed by atoms with Crippen molar-refractivity contribution >= 4 is 12.0 Å². The zero-order chi connectivity index (χ0) is 17.0. The predicted molar refractivity (Wildman–Crippen MR) is 86.7 cm³/mol. The maximum Gasteiger partial charge on any atom is 0.417 e. The minimum absolute atomic E-state index is 0.361. The maximum atomic E-state index is 12.2. The summed E-state index contributed by atoms with van der Waals surface area (Å²) in [5.74, 6) is -0.383. The molecule has 0 saturated carbocycles. The van der Waals surface area contributed by atoms with Crippen LogP contribution in [-0.2, 0) is 20.9 Å². The third-order valence-electron chi connectivity index (χ3n) is 3.42. The number of hydrogen-bond donors (Lipinski definition) is 0. The van der Waals surface area contributed by atoms with Gasteiger partial charge >= 0.3 is 6.09 Å². The first-order valence-electron chi connectivity index (χ1n) is 7.68. The van der Waals surface area contributed by atoms with Crippen molar-refractivity contribution in [3.05, 3.63) is 48.0 Å². The van der Waals surface area contributed by atoms with E-state index in [1.807, 2.05) is 30.3 Å². The largest absolute Gasteiger partial charge is 0.443 e. The summed E-state index contributed by atoms with van der Waals surface area (Å²) in [5.41, 5.74) is 0.382. The Hall–Kier alpha value is -2.14. The van der Waals surface area contributed by atoms with Gasteiger partial charge < -0.3 is 9.47 Å². The summed E-state index contributed by atoms with van der Waals surface area (Å²) >= 11 is 0. The molecule has 2 atom stereocenters. The van der Waals surface area contributed by atoms with Crippen LogP contribution < -0.4 is 0 Å². The molecule has 5 nitrogen and oxygen atoms in total. The number of rotatable bonds is 3. The zero-order valence-electron chi connectivity index (χ0n) is 14.0. The van der Waals surface area contributed by atoms with E-state index in [0.717, 1.165) is 10.5 Å². The van der Waals surface area contributed by atoms with Crippen molar-refractivity contribution in [2.75, 3.05) is 0 Å². The second kappa shape index (κ2) is 6.96. The Balaban J connectivity index is 2.04. The van der Waals surface area contributed by atoms with Gasteiger partial charge in [-0.15, -0.1) is 0 Å². The van der Waals surface area contributed by atoms with Crippen molar-refractivity contribution < 1.29 is 19.1 Å². The summed E-state index contributed by atoms with van der Waals surface area (Å²) in [7, 11) is 0. The number of carbonyl (C=O) groups is 2. The molecule has 0 aliphatic carbocycles. The second-order valence-corrected chi connectivity index (χ2v) is 6.55. The Morgan fingerprint density at radius 1 is 1.22 bits per heavy atom. The molecular weight excluding hydrogens is 294 g/mol. The first kappa shape index (κ1) is 17.2. The predicted octanol–water partition coefficient (Wildman–Crippen LogP) is 3.29. The molecule has 0 radical (unpaired) electrons. The molecule has 0 unspecified atom stereocenters. The standard InChI is InChI=1S/C18H23NO4/c1-13-15(22-12-14-8-6-5-7-9-14)10-11-16(20)19(13)17(21)23-18(2,3)4/h5-11,13,15H,12H2,1-4H3/t13-,15+/m1/s1. The van der Waals surface area contributed by atoms with Gasteiger partial charge in [0.05, 0.1) is 18.8 Å². The van der Waals surface area contributed by atoms with E-state index >= 15 is 0 Å². The fraction of sp³-hybridized carbons (Fsp3) is 0.444. The Labute approximate surface area is 136 Å². The summed E-state index contributed by atoms with van der Waals surface area (Å²) in [6.45, 7) is 7.49. The van der Waals surface area contributed by atoms with E-state index in [9.17, 15) is 9.59 Å². The molecule has 1 aromatic carbocycles. The van der Waals surface area contributed by atoms with E-state index in [4.69, 9.17) is 9.47 Å². The molecule has 2 rings (SSSR count). The molecular formula is C18H23NO4. The number of imide groups is 1. The summed E-state index contributed by atoms with van der Waals surface area (Å²) < 4.78 is 11.2. The fourth-order valence-electron chi connectivity index (χ4n) is 2.29. The highest BCUT2D eigenvalue weighted by Gasteiger charge is 2.36. The van der Waals surface area contributed by atoms with Crippen LogP contribution in [0.5, 0.6) is 0 Å². The molecule has 0 bridgehead atoms. The quantitative estimate of drug-likeness (QED) is 0.858. The molecule has 1 aliphatic heterocycles. The van der Waals surface area contributed by atoms with Crippen molar-refractivity contribution in [1.82, 2.24) is 4.90 Å². The van der Waals surface area contributed by atoms with Gasteiger partial charge in [-0.1, -0.05) is 30.3 Å². The van der Waals surface area contributed by atoms with Crippen LogP contribution >= 0.6 is 0 Å². The van der Waals surface area contributed by atoms with Gasteiger partial charge in [-0.05, 0) is 39.3 Å². The number of nitrogens with zero attached hydrogens (tertiary/aromatic N) is 1. The van der Waals surface area contributed by atoms with Gasteiger partial charge in [0, 0.05) is 6.08 Å². The van der Waals surface area contributed by atoms with Crippen LogP contribution in [-0.4, -0.2) is 34.6 Å². The topological polar surface area (TPSA) is 55.8 Å². The molecule has 1 heterocycles. The molecule has 0 aromatic heterocycles. The maximum absolute atomic E-state index is 12.2. The summed E-state index contributed by atoms with van der Waals surface area (Å²) in [4.78, 5) is 25.4. The van der Waals surface area contributed by atoms with Gasteiger partial charge in [0.25, 0.3) is 5.91 Å². The molecule has 0 fully saturated rings. The van der Waals surface area contributed by atoms with Crippen LogP contribution in [0.4, 0.5) is 4.79 Å². The lowest BCUT2D eigenvalue weighted by Crippen LogP contribution is -2.52. The Morgan fingerprint density at radius 3 is 2.48 bits per heavy atom. The lowest BCUT2D eigenvalue weighted by Gasteiger charge is -2.35. The molecule has 0 spiro atoms. The zero-order valence-corrected chi connectivity index (χ0v) is 14.0. The number of hydrogen-bond acceptors (Lipinski definition) is 4. The van der Waals surface area contributed by atoms with Gasteiger partial charge in [-0.2, -0.15) is 0 Å². The Morgan fingerprint density at radius 2 is 1.87 bits per heavy atom. The van der Waals surface area contributed by atoms with Gasteiger partial charge in [0.15, 0.2) is 0 Å². The van der Waals surface area contributed by atoms with Gasteiger partial charge in [-0.3, -0.25) is 4.79 Å². The molecule has 2 amide bonds. The fourth-order valence-corrected chi connectivity index (χ4v) is 2.29. The second-order valence-electron chi connectivity index (χ2n) is 6.55. The van der Waals surface area contributed by atoms with E-state index in [2.05, 4.69) is 0 Å². The normalized spacial score (nSPS) is 21.4. The van der Waals surface area contributed by atoms with Crippen LogP contribution in [0.3, 0.4) is 0 Å². The van der Waals surface area contributed by atoms with E-state index in [0.29, 0.717) is 6.61 Å². The molecule has 5 heteroatoms. The lowest BCUT2D eigenvalue weighted by atomic mass is 10.1. The highest BCUT2D eigenvalue weighted by atomic mass is 16.6. The SMILES string of the molecule is C[C@@H]1[C@@H](OCc2ccccc2)C=CC(=O)N1C(=O)OC(C)(C)C. The molecule has 1 aromatic rings. The summed E-state index contributed by atoms with van der Waals surface area (Å²) in [6, 6.07) is 9.33. The summed E-state index contributed by atoms with van der Waals surface area (Å²) in [6.07, 6.45) is 2.05. The third-order valence-corrected chi connectivity index (χ3v) is 3.42. The van der Waals surface area contributed by atoms with Crippen LogP contribution in [0.1, 0.15) is 33.3 Å². The monoisotopic (exact) mass is 317 g/mol. The van der Waals surface area contributed by atoms with Gasteiger partial charge in [0.1, 0.15) is 5.60 Å². The molecule has 1 aliphatic rings. The van der Waals surface area contributed by atoms with E-state index in [-0.39, 0.29) is 12.0 Å². The van der Waals surface area contributed by atoms with E-state index in [1.165, 1.54) is 6.08 Å². The molecule has 23 heavy (non-hydrogen) atoms. The van der Waals surface area contributed by atoms with Gasteiger partial charge in [0.2, 0.25) is 0 Å². The van der Waals surface area contributed by atoms with Crippen molar-refractivity contribution in [3.8, 4) is 0 Å². The molecule has 0 saturated heterocycles. The summed E-state index contributed by atoms with van der Waals surface area (Å²) in [5, 5.41) is 0. The first-order valence-corrected chi connectivity index (χ1v) is 7.68. The first-order chi connectivity index (χ1) is 10.8. The van der Waals surface area contributed by atoms with Crippen molar-refractivity contribution in [2.24, 2.45) is 0 Å². The molecule has 0 N–H and O–H groups in total. The van der Waals surface area contributed by atoms with Crippen molar-refractivity contribution in [2.45, 2.75) is 52.0 Å². The molecule has 124 valence electrons. The number of benzene rings is 1. The lowest BCUT2D eigenvalue weighted by molar-refractivity contribution is -0.131. The average Bonchev–Trinajstić information content (AvgIpc) is 2.45. The smallest absolute Gasteiger partial charge is 0.417 e. The van der Waals surface area contributed by atoms with E-state index < -0.39 is 17.7 Å². The Kier molecular flexibility index (Phi) is 5.21. The van der Waals surface area contributed by atoms with Crippen LogP contribution in [0.25, 0.3) is 0 Å². The average molecular weight is 317 g/mol. The van der Waals surface area contributed by atoms with Crippen LogP contribution in [0.15, 0.2) is 42.5 Å². The van der Waals surface area contributed by atoms with Gasteiger partial charge in [-0.25, -0.2) is 9.69 Å². The van der Waals surface area contributed by atoms with E-state index in [1.54, 1.807) is 33.8 Å². The highest BCUT2D eigenvalue weighted by molar-refractivity contribution is 6.00. The van der Waals surface area contributed by atoms with Crippen molar-refractivity contribution in [3.63, 3.8) is 0 Å². The minimum Gasteiger partial charge on any atom is -0.443 e. The highest BCUT2D eigenvalue weighted by Crippen LogP contribution is 2.20. The van der Waals surface area contributed by atoms with Crippen molar-refractivity contribution in [1.29, 1.82) is 0 Å². The minimum atomic E-state index is -0.654. The Bertz CT molecular complexity index is 589. The number of carbonyl (C=O) groups excluding carboxylic acids is 2.